The minimum atomic E-state index is 0.0602. The quantitative estimate of drug-likeness (QED) is 0.850. The zero-order chi connectivity index (χ0) is 13.0. The van der Waals surface area contributed by atoms with Gasteiger partial charge in [-0.2, -0.15) is 0 Å². The highest BCUT2D eigenvalue weighted by molar-refractivity contribution is 5.76. The zero-order valence-corrected chi connectivity index (χ0v) is 10.9. The fraction of sp³-hybridized carbons (Fsp3) is 0.583. The van der Waals surface area contributed by atoms with E-state index < -0.39 is 0 Å². The van der Waals surface area contributed by atoms with Crippen LogP contribution >= 0.6 is 0 Å². The third-order valence-corrected chi connectivity index (χ3v) is 2.92. The van der Waals surface area contributed by atoms with Gasteiger partial charge in [0.05, 0.1) is 24.6 Å². The summed E-state index contributed by atoms with van der Waals surface area (Å²) >= 11 is 0. The SMILES string of the molecule is CCCNc1cnc(CN2CCN(C)C2=O)cn1. The number of carbonyl (C=O) groups is 1. The Labute approximate surface area is 107 Å². The maximum atomic E-state index is 11.7. The zero-order valence-electron chi connectivity index (χ0n) is 10.9. The van der Waals surface area contributed by atoms with Gasteiger partial charge in [0.2, 0.25) is 0 Å². The summed E-state index contributed by atoms with van der Waals surface area (Å²) in [4.78, 5) is 23.8. The first kappa shape index (κ1) is 12.6. The Hall–Kier alpha value is -1.85. The first-order valence-corrected chi connectivity index (χ1v) is 6.25. The molecule has 0 aromatic carbocycles. The fourth-order valence-electron chi connectivity index (χ4n) is 1.83. The number of hydrogen-bond donors (Lipinski definition) is 1. The smallest absolute Gasteiger partial charge is 0.320 e. The van der Waals surface area contributed by atoms with Crippen molar-refractivity contribution in [1.82, 2.24) is 19.8 Å². The Balaban J connectivity index is 1.92. The maximum Gasteiger partial charge on any atom is 0.320 e. The highest BCUT2D eigenvalue weighted by Gasteiger charge is 2.25. The second kappa shape index (κ2) is 5.66. The third kappa shape index (κ3) is 2.88. The number of urea groups is 1. The molecule has 1 N–H and O–H groups in total. The summed E-state index contributed by atoms with van der Waals surface area (Å²) in [7, 11) is 1.81. The molecule has 18 heavy (non-hydrogen) atoms. The monoisotopic (exact) mass is 249 g/mol. The van der Waals surface area contributed by atoms with Gasteiger partial charge in [-0.05, 0) is 6.42 Å². The van der Waals surface area contributed by atoms with Crippen LogP contribution in [0.1, 0.15) is 19.0 Å². The Kier molecular flexibility index (Phi) is 3.96. The third-order valence-electron chi connectivity index (χ3n) is 2.92. The van der Waals surface area contributed by atoms with Crippen LogP contribution in [0.4, 0.5) is 10.6 Å². The fourth-order valence-corrected chi connectivity index (χ4v) is 1.83. The number of carbonyl (C=O) groups excluding carboxylic acids is 1. The van der Waals surface area contributed by atoms with Crippen LogP contribution in [0, 0.1) is 0 Å². The molecule has 1 saturated heterocycles. The Bertz CT molecular complexity index is 405. The highest BCUT2D eigenvalue weighted by atomic mass is 16.2. The van der Waals surface area contributed by atoms with Crippen molar-refractivity contribution in [2.24, 2.45) is 0 Å². The van der Waals surface area contributed by atoms with E-state index in [-0.39, 0.29) is 6.03 Å². The minimum Gasteiger partial charge on any atom is -0.369 e. The van der Waals surface area contributed by atoms with E-state index in [1.165, 1.54) is 0 Å². The molecule has 1 aromatic rings. The molecule has 0 radical (unpaired) electrons. The van der Waals surface area contributed by atoms with Crippen molar-refractivity contribution < 1.29 is 4.79 Å². The van der Waals surface area contributed by atoms with Crippen LogP contribution in [-0.4, -0.2) is 52.5 Å². The van der Waals surface area contributed by atoms with Gasteiger partial charge in [-0.15, -0.1) is 0 Å². The van der Waals surface area contributed by atoms with Crippen molar-refractivity contribution in [1.29, 1.82) is 0 Å². The predicted octanol–water partition coefficient (Wildman–Crippen LogP) is 1.17. The minimum absolute atomic E-state index is 0.0602. The molecule has 6 heteroatoms. The van der Waals surface area contributed by atoms with Crippen LogP contribution in [0.5, 0.6) is 0 Å². The van der Waals surface area contributed by atoms with Crippen molar-refractivity contribution in [3.8, 4) is 0 Å². The number of rotatable bonds is 5. The van der Waals surface area contributed by atoms with E-state index in [4.69, 9.17) is 0 Å². The normalized spacial score (nSPS) is 15.3. The number of nitrogens with one attached hydrogen (secondary N) is 1. The molecule has 1 aliphatic rings. The number of nitrogens with zero attached hydrogens (tertiary/aromatic N) is 4. The average Bonchev–Trinajstić information content (AvgIpc) is 2.70. The molecule has 0 bridgehead atoms. The lowest BCUT2D eigenvalue weighted by Gasteiger charge is -2.15. The lowest BCUT2D eigenvalue weighted by Crippen LogP contribution is -2.29. The van der Waals surface area contributed by atoms with E-state index in [9.17, 15) is 4.79 Å². The number of amides is 2. The van der Waals surface area contributed by atoms with Crippen molar-refractivity contribution in [2.45, 2.75) is 19.9 Å². The van der Waals surface area contributed by atoms with Gasteiger partial charge in [-0.3, -0.25) is 4.98 Å². The molecule has 2 rings (SSSR count). The maximum absolute atomic E-state index is 11.7. The summed E-state index contributed by atoms with van der Waals surface area (Å²) in [5.74, 6) is 0.783. The molecule has 0 saturated carbocycles. The first-order chi connectivity index (χ1) is 8.70. The lowest BCUT2D eigenvalue weighted by atomic mass is 10.4. The molecular weight excluding hydrogens is 230 g/mol. The van der Waals surface area contributed by atoms with Crippen molar-refractivity contribution in [3.05, 3.63) is 18.1 Å². The summed E-state index contributed by atoms with van der Waals surface area (Å²) in [5, 5.41) is 3.17. The number of hydrogen-bond acceptors (Lipinski definition) is 4. The second-order valence-electron chi connectivity index (χ2n) is 4.45. The molecule has 1 aromatic heterocycles. The number of likely N-dealkylation sites (N-methyl/N-ethyl adjacent to an activating group) is 1. The summed E-state index contributed by atoms with van der Waals surface area (Å²) in [5.41, 5.74) is 0.820. The van der Waals surface area contributed by atoms with Gasteiger partial charge < -0.3 is 15.1 Å². The molecule has 1 fully saturated rings. The molecule has 2 heterocycles. The Morgan fingerprint density at radius 2 is 2.17 bits per heavy atom. The topological polar surface area (TPSA) is 61.4 Å². The van der Waals surface area contributed by atoms with E-state index in [1.807, 2.05) is 7.05 Å². The van der Waals surface area contributed by atoms with Crippen molar-refractivity contribution in [2.75, 3.05) is 32.0 Å². The van der Waals surface area contributed by atoms with Crippen LogP contribution in [0.2, 0.25) is 0 Å². The summed E-state index contributed by atoms with van der Waals surface area (Å²) in [6.07, 6.45) is 4.50. The van der Waals surface area contributed by atoms with Gasteiger partial charge in [0.1, 0.15) is 5.82 Å². The molecule has 0 aliphatic carbocycles. The van der Waals surface area contributed by atoms with Crippen LogP contribution in [0.15, 0.2) is 12.4 Å². The predicted molar refractivity (Wildman–Crippen MR) is 69.2 cm³/mol. The van der Waals surface area contributed by atoms with Crippen LogP contribution in [0.25, 0.3) is 0 Å². The molecule has 1 aliphatic heterocycles. The van der Waals surface area contributed by atoms with E-state index in [0.29, 0.717) is 6.54 Å². The highest BCUT2D eigenvalue weighted by Crippen LogP contribution is 2.10. The van der Waals surface area contributed by atoms with Crippen molar-refractivity contribution in [3.63, 3.8) is 0 Å². The van der Waals surface area contributed by atoms with Gasteiger partial charge >= 0.3 is 6.03 Å². The molecule has 0 atom stereocenters. The van der Waals surface area contributed by atoms with E-state index in [1.54, 1.807) is 22.2 Å². The van der Waals surface area contributed by atoms with Gasteiger partial charge in [0.15, 0.2) is 0 Å². The van der Waals surface area contributed by atoms with Gasteiger partial charge in [-0.25, -0.2) is 9.78 Å². The van der Waals surface area contributed by atoms with Crippen LogP contribution in [0.3, 0.4) is 0 Å². The van der Waals surface area contributed by atoms with Crippen LogP contribution in [-0.2, 0) is 6.54 Å². The van der Waals surface area contributed by atoms with E-state index in [2.05, 4.69) is 22.2 Å². The largest absolute Gasteiger partial charge is 0.369 e. The van der Waals surface area contributed by atoms with E-state index >= 15 is 0 Å². The molecule has 6 nitrogen and oxygen atoms in total. The van der Waals surface area contributed by atoms with Gasteiger partial charge in [0.25, 0.3) is 0 Å². The van der Waals surface area contributed by atoms with Crippen LogP contribution < -0.4 is 5.32 Å². The van der Waals surface area contributed by atoms with Crippen molar-refractivity contribution >= 4 is 11.8 Å². The molecule has 0 unspecified atom stereocenters. The van der Waals surface area contributed by atoms with Gasteiger partial charge in [-0.1, -0.05) is 6.92 Å². The average molecular weight is 249 g/mol. The second-order valence-corrected chi connectivity index (χ2v) is 4.45. The summed E-state index contributed by atoms with van der Waals surface area (Å²) in [6.45, 7) is 5.06. The standard InChI is InChI=1S/C12H19N5O/c1-3-4-13-11-8-14-10(7-15-11)9-17-6-5-16(2)12(17)18/h7-8H,3-6,9H2,1-2H3,(H,13,15). The first-order valence-electron chi connectivity index (χ1n) is 6.25. The molecular formula is C12H19N5O. The number of anilines is 1. The summed E-state index contributed by atoms with van der Waals surface area (Å²) < 4.78 is 0. The van der Waals surface area contributed by atoms with E-state index in [0.717, 1.165) is 37.6 Å². The Morgan fingerprint density at radius 1 is 1.33 bits per heavy atom. The molecule has 98 valence electrons. The summed E-state index contributed by atoms with van der Waals surface area (Å²) in [6, 6.07) is 0.0602. The molecule has 2 amide bonds. The Morgan fingerprint density at radius 3 is 2.72 bits per heavy atom. The van der Waals surface area contributed by atoms with Gasteiger partial charge in [0, 0.05) is 26.7 Å². The number of aromatic nitrogens is 2. The molecule has 0 spiro atoms. The lowest BCUT2D eigenvalue weighted by molar-refractivity contribution is 0.196.